The number of halogens is 1. The molecule has 0 aromatic heterocycles. The summed E-state index contributed by atoms with van der Waals surface area (Å²) in [5.74, 6) is -1.79. The van der Waals surface area contributed by atoms with Gasteiger partial charge in [-0.25, -0.2) is 4.39 Å². The van der Waals surface area contributed by atoms with Crippen LogP contribution in [0.25, 0.3) is 0 Å². The van der Waals surface area contributed by atoms with Crippen LogP contribution in [0.15, 0.2) is 48.5 Å². The first-order valence-electron chi connectivity index (χ1n) is 6.96. The highest BCUT2D eigenvalue weighted by Crippen LogP contribution is 2.12. The molecule has 0 bridgehead atoms. The zero-order valence-electron chi connectivity index (χ0n) is 12.2. The first-order chi connectivity index (χ1) is 10.6. The molecular weight excluding hydrogens is 283 g/mol. The number of carbonyl (C=O) groups excluding carboxylic acids is 2. The quantitative estimate of drug-likeness (QED) is 0.852. The van der Waals surface area contributed by atoms with E-state index in [1.54, 1.807) is 30.3 Å². The van der Waals surface area contributed by atoms with E-state index in [1.165, 1.54) is 6.07 Å². The van der Waals surface area contributed by atoms with Crippen LogP contribution < -0.4 is 10.6 Å². The summed E-state index contributed by atoms with van der Waals surface area (Å²) >= 11 is 0. The van der Waals surface area contributed by atoms with E-state index in [2.05, 4.69) is 10.6 Å². The molecule has 2 N–H and O–H groups in total. The molecule has 0 spiro atoms. The van der Waals surface area contributed by atoms with Gasteiger partial charge in [-0.1, -0.05) is 36.4 Å². The van der Waals surface area contributed by atoms with Crippen LogP contribution in [-0.4, -0.2) is 18.4 Å². The zero-order chi connectivity index (χ0) is 15.9. The Morgan fingerprint density at radius 3 is 2.41 bits per heavy atom. The Morgan fingerprint density at radius 2 is 1.68 bits per heavy atom. The summed E-state index contributed by atoms with van der Waals surface area (Å²) in [4.78, 5) is 23.5. The molecule has 22 heavy (non-hydrogen) atoms. The van der Waals surface area contributed by atoms with Gasteiger partial charge in [-0.3, -0.25) is 9.59 Å². The first kappa shape index (κ1) is 15.7. The average molecular weight is 300 g/mol. The maximum atomic E-state index is 13.4. The van der Waals surface area contributed by atoms with Crippen LogP contribution in [0, 0.1) is 12.7 Å². The second-order valence-corrected chi connectivity index (χ2v) is 4.87. The number of nitrogens with one attached hydrogen (secondary N) is 2. The Morgan fingerprint density at radius 1 is 1.00 bits per heavy atom. The summed E-state index contributed by atoms with van der Waals surface area (Å²) in [7, 11) is 0. The number of anilines is 1. The van der Waals surface area contributed by atoms with Gasteiger partial charge >= 0.3 is 11.8 Å². The number of amides is 2. The molecule has 0 saturated carbocycles. The van der Waals surface area contributed by atoms with Crippen molar-refractivity contribution >= 4 is 17.5 Å². The molecule has 0 atom stereocenters. The third-order valence-electron chi connectivity index (χ3n) is 3.24. The van der Waals surface area contributed by atoms with Crippen molar-refractivity contribution in [1.82, 2.24) is 5.32 Å². The molecule has 2 amide bonds. The van der Waals surface area contributed by atoms with Crippen molar-refractivity contribution < 1.29 is 14.0 Å². The van der Waals surface area contributed by atoms with Crippen molar-refractivity contribution in [2.45, 2.75) is 13.3 Å². The van der Waals surface area contributed by atoms with Crippen molar-refractivity contribution in [3.63, 3.8) is 0 Å². The van der Waals surface area contributed by atoms with Gasteiger partial charge in [0.2, 0.25) is 0 Å². The number of rotatable bonds is 4. The number of hydrogen-bond acceptors (Lipinski definition) is 2. The molecular formula is C17H17FN2O2. The second kappa shape index (κ2) is 7.36. The maximum Gasteiger partial charge on any atom is 0.313 e. The second-order valence-electron chi connectivity index (χ2n) is 4.87. The molecule has 0 saturated heterocycles. The summed E-state index contributed by atoms with van der Waals surface area (Å²) in [6.45, 7) is 2.03. The van der Waals surface area contributed by atoms with Crippen molar-refractivity contribution in [3.05, 3.63) is 65.5 Å². The third-order valence-corrected chi connectivity index (χ3v) is 3.24. The third kappa shape index (κ3) is 4.15. The SMILES string of the molecule is Cc1ccccc1NC(=O)C(=O)NCCc1ccccc1F. The van der Waals surface area contributed by atoms with E-state index in [9.17, 15) is 14.0 Å². The molecule has 0 unspecified atom stereocenters. The minimum absolute atomic E-state index is 0.195. The van der Waals surface area contributed by atoms with Crippen LogP contribution >= 0.6 is 0 Å². The van der Waals surface area contributed by atoms with Gasteiger partial charge in [0.15, 0.2) is 0 Å². The van der Waals surface area contributed by atoms with E-state index in [0.29, 0.717) is 17.7 Å². The summed E-state index contributed by atoms with van der Waals surface area (Å²) < 4.78 is 13.4. The number of aryl methyl sites for hydroxylation is 1. The molecule has 2 rings (SSSR count). The molecule has 0 heterocycles. The van der Waals surface area contributed by atoms with Crippen LogP contribution in [0.4, 0.5) is 10.1 Å². The lowest BCUT2D eigenvalue weighted by molar-refractivity contribution is -0.136. The minimum atomic E-state index is -0.736. The molecule has 4 nitrogen and oxygen atoms in total. The highest BCUT2D eigenvalue weighted by Gasteiger charge is 2.14. The first-order valence-corrected chi connectivity index (χ1v) is 6.96. The van der Waals surface area contributed by atoms with Crippen molar-refractivity contribution in [1.29, 1.82) is 0 Å². The van der Waals surface area contributed by atoms with Gasteiger partial charge in [0, 0.05) is 12.2 Å². The Kier molecular flexibility index (Phi) is 5.25. The molecule has 0 aliphatic heterocycles. The topological polar surface area (TPSA) is 58.2 Å². The highest BCUT2D eigenvalue weighted by atomic mass is 19.1. The molecule has 5 heteroatoms. The monoisotopic (exact) mass is 300 g/mol. The van der Waals surface area contributed by atoms with E-state index in [0.717, 1.165) is 5.56 Å². The molecule has 2 aromatic carbocycles. The van der Waals surface area contributed by atoms with E-state index in [-0.39, 0.29) is 12.4 Å². The van der Waals surface area contributed by atoms with E-state index in [1.807, 2.05) is 19.1 Å². The fraction of sp³-hybridized carbons (Fsp3) is 0.176. The largest absolute Gasteiger partial charge is 0.347 e. The number of para-hydroxylation sites is 1. The van der Waals surface area contributed by atoms with Gasteiger partial charge in [0.25, 0.3) is 0 Å². The molecule has 0 aliphatic carbocycles. The fourth-order valence-electron chi connectivity index (χ4n) is 1.98. The van der Waals surface area contributed by atoms with Gasteiger partial charge in [-0.2, -0.15) is 0 Å². The number of carbonyl (C=O) groups is 2. The Balaban J connectivity index is 1.83. The van der Waals surface area contributed by atoms with Crippen LogP contribution in [0.2, 0.25) is 0 Å². The van der Waals surface area contributed by atoms with Gasteiger partial charge in [0.05, 0.1) is 0 Å². The van der Waals surface area contributed by atoms with E-state index < -0.39 is 11.8 Å². The standard InChI is InChI=1S/C17H17FN2O2/c1-12-6-2-5-9-15(12)20-17(22)16(21)19-11-10-13-7-3-4-8-14(13)18/h2-9H,10-11H2,1H3,(H,19,21)(H,20,22). The molecule has 114 valence electrons. The lowest BCUT2D eigenvalue weighted by atomic mass is 10.1. The van der Waals surface area contributed by atoms with Gasteiger partial charge < -0.3 is 10.6 Å². The predicted molar refractivity (Wildman–Crippen MR) is 82.9 cm³/mol. The van der Waals surface area contributed by atoms with Gasteiger partial charge in [-0.15, -0.1) is 0 Å². The lowest BCUT2D eigenvalue weighted by Gasteiger charge is -2.08. The summed E-state index contributed by atoms with van der Waals surface area (Å²) in [6.07, 6.45) is 0.329. The number of hydrogen-bond donors (Lipinski definition) is 2. The Labute approximate surface area is 128 Å². The summed E-state index contributed by atoms with van der Waals surface area (Å²) in [5, 5.41) is 5.03. The molecule has 2 aromatic rings. The molecule has 0 aliphatic rings. The Bertz CT molecular complexity index is 686. The van der Waals surface area contributed by atoms with Crippen LogP contribution in [-0.2, 0) is 16.0 Å². The number of benzene rings is 2. The summed E-state index contributed by atoms with van der Waals surface area (Å²) in [6, 6.07) is 13.5. The lowest BCUT2D eigenvalue weighted by Crippen LogP contribution is -2.36. The fourth-order valence-corrected chi connectivity index (χ4v) is 1.98. The highest BCUT2D eigenvalue weighted by molar-refractivity contribution is 6.39. The average Bonchev–Trinajstić information content (AvgIpc) is 2.51. The van der Waals surface area contributed by atoms with Crippen LogP contribution in [0.3, 0.4) is 0 Å². The maximum absolute atomic E-state index is 13.4. The van der Waals surface area contributed by atoms with Crippen molar-refractivity contribution in [2.24, 2.45) is 0 Å². The van der Waals surface area contributed by atoms with Gasteiger partial charge in [-0.05, 0) is 36.6 Å². The zero-order valence-corrected chi connectivity index (χ0v) is 12.2. The minimum Gasteiger partial charge on any atom is -0.347 e. The molecule has 0 fully saturated rings. The van der Waals surface area contributed by atoms with Crippen LogP contribution in [0.5, 0.6) is 0 Å². The predicted octanol–water partition coefficient (Wildman–Crippen LogP) is 2.43. The van der Waals surface area contributed by atoms with E-state index in [4.69, 9.17) is 0 Å². The van der Waals surface area contributed by atoms with Gasteiger partial charge in [0.1, 0.15) is 5.82 Å². The smallest absolute Gasteiger partial charge is 0.313 e. The molecule has 0 radical (unpaired) electrons. The van der Waals surface area contributed by atoms with Crippen LogP contribution in [0.1, 0.15) is 11.1 Å². The summed E-state index contributed by atoms with van der Waals surface area (Å²) in [5.41, 5.74) is 1.97. The normalized spacial score (nSPS) is 10.1. The van der Waals surface area contributed by atoms with Crippen molar-refractivity contribution in [3.8, 4) is 0 Å². The Hall–Kier alpha value is -2.69. The van der Waals surface area contributed by atoms with E-state index >= 15 is 0 Å². The van der Waals surface area contributed by atoms with Crippen molar-refractivity contribution in [2.75, 3.05) is 11.9 Å².